The van der Waals surface area contributed by atoms with Gasteiger partial charge in [-0.05, 0) is 54.4 Å². The first kappa shape index (κ1) is 25.2. The highest BCUT2D eigenvalue weighted by atomic mass is 35.5. The number of aliphatic imine (C=N–C) groups is 1. The van der Waals surface area contributed by atoms with Crippen LogP contribution in [-0.2, 0) is 23.1 Å². The molecule has 0 unspecified atom stereocenters. The van der Waals surface area contributed by atoms with Crippen LogP contribution in [0.2, 0.25) is 5.02 Å². The standard InChI is InChI=1S/C22H24ClN5O5S/c1-13-19(20(28-33-13)16-4-6-18(32-2)7-5-16)21(29)27-22(24)25-11-14-8-15(10-17(23)9-14)12-26-34(3,30)31/h4-10,26H,11-12H2,1-3H3,(H3,24,25,27,29). The summed E-state index contributed by atoms with van der Waals surface area (Å²) in [6, 6.07) is 12.1. The molecule has 0 saturated heterocycles. The summed E-state index contributed by atoms with van der Waals surface area (Å²) in [5.74, 6) is 0.369. The third kappa shape index (κ3) is 6.80. The Morgan fingerprint density at radius 1 is 1.21 bits per heavy atom. The summed E-state index contributed by atoms with van der Waals surface area (Å²) in [4.78, 5) is 17.1. The lowest BCUT2D eigenvalue weighted by Crippen LogP contribution is -2.37. The van der Waals surface area contributed by atoms with Crippen molar-refractivity contribution < 1.29 is 22.5 Å². The van der Waals surface area contributed by atoms with Gasteiger partial charge in [0.1, 0.15) is 22.8 Å². The number of carbonyl (C=O) groups excluding carboxylic acids is 1. The fourth-order valence-electron chi connectivity index (χ4n) is 3.11. The second-order valence-corrected chi connectivity index (χ2v) is 9.68. The predicted molar refractivity (Wildman–Crippen MR) is 129 cm³/mol. The number of nitrogens with two attached hydrogens (primary N) is 1. The first-order valence-corrected chi connectivity index (χ1v) is 12.3. The average Bonchev–Trinajstić information content (AvgIpc) is 3.17. The van der Waals surface area contributed by atoms with E-state index in [-0.39, 0.29) is 24.6 Å². The Labute approximate surface area is 202 Å². The number of nitrogens with one attached hydrogen (secondary N) is 2. The third-order valence-corrected chi connectivity index (χ3v) is 5.57. The Hall–Kier alpha value is -3.41. The molecule has 0 spiro atoms. The van der Waals surface area contributed by atoms with E-state index in [0.717, 1.165) is 6.26 Å². The summed E-state index contributed by atoms with van der Waals surface area (Å²) in [6.45, 7) is 1.83. The number of guanidine groups is 1. The van der Waals surface area contributed by atoms with Crippen LogP contribution in [-0.4, -0.2) is 38.8 Å². The molecule has 1 aromatic heterocycles. The molecule has 3 aromatic rings. The van der Waals surface area contributed by atoms with Gasteiger partial charge in [-0.25, -0.2) is 18.1 Å². The molecule has 0 aliphatic rings. The predicted octanol–water partition coefficient (Wildman–Crippen LogP) is 2.61. The number of halogens is 1. The van der Waals surface area contributed by atoms with Gasteiger partial charge in [0.05, 0.1) is 19.9 Å². The number of benzene rings is 2. The monoisotopic (exact) mass is 505 g/mol. The minimum atomic E-state index is -3.35. The Kier molecular flexibility index (Phi) is 7.92. The fourth-order valence-corrected chi connectivity index (χ4v) is 3.81. The molecular formula is C22H24ClN5O5S. The highest BCUT2D eigenvalue weighted by molar-refractivity contribution is 7.88. The number of hydrogen-bond donors (Lipinski definition) is 3. The summed E-state index contributed by atoms with van der Waals surface area (Å²) in [5, 5.41) is 6.96. The fraction of sp³-hybridized carbons (Fsp3) is 0.227. The van der Waals surface area contributed by atoms with Gasteiger partial charge < -0.3 is 15.0 Å². The topological polar surface area (TPSA) is 149 Å². The van der Waals surface area contributed by atoms with E-state index in [1.54, 1.807) is 56.5 Å². The molecule has 0 saturated carbocycles. The van der Waals surface area contributed by atoms with Gasteiger partial charge in [-0.1, -0.05) is 22.8 Å². The molecule has 4 N–H and O–H groups in total. The zero-order valence-electron chi connectivity index (χ0n) is 18.8. The molecule has 0 atom stereocenters. The van der Waals surface area contributed by atoms with Gasteiger partial charge in [0.15, 0.2) is 5.96 Å². The van der Waals surface area contributed by atoms with E-state index in [1.807, 2.05) is 0 Å². The van der Waals surface area contributed by atoms with Gasteiger partial charge in [-0.2, -0.15) is 0 Å². The Balaban J connectivity index is 1.72. The number of aromatic nitrogens is 1. The number of hydrogen-bond acceptors (Lipinski definition) is 7. The third-order valence-electron chi connectivity index (χ3n) is 4.68. The number of rotatable bonds is 8. The molecule has 10 nitrogen and oxygen atoms in total. The summed E-state index contributed by atoms with van der Waals surface area (Å²) in [5.41, 5.74) is 8.55. The van der Waals surface area contributed by atoms with Crippen LogP contribution in [0.3, 0.4) is 0 Å². The zero-order valence-corrected chi connectivity index (χ0v) is 20.3. The second-order valence-electron chi connectivity index (χ2n) is 7.41. The van der Waals surface area contributed by atoms with Gasteiger partial charge >= 0.3 is 0 Å². The SMILES string of the molecule is COc1ccc(-c2noc(C)c2C(=O)NC(N)=NCc2cc(Cl)cc(CNS(C)(=O)=O)c2)cc1. The highest BCUT2D eigenvalue weighted by Gasteiger charge is 2.22. The number of amides is 1. The van der Waals surface area contributed by atoms with Crippen molar-refractivity contribution in [3.05, 3.63) is 69.9 Å². The Morgan fingerprint density at radius 2 is 1.88 bits per heavy atom. The van der Waals surface area contributed by atoms with Gasteiger partial charge in [-0.15, -0.1) is 0 Å². The normalized spacial score (nSPS) is 11.9. The first-order valence-electron chi connectivity index (χ1n) is 10.0. The smallest absolute Gasteiger partial charge is 0.263 e. The maximum absolute atomic E-state index is 12.9. The molecule has 2 aromatic carbocycles. The molecule has 1 amide bonds. The van der Waals surface area contributed by atoms with Crippen molar-refractivity contribution in [3.8, 4) is 17.0 Å². The van der Waals surface area contributed by atoms with E-state index >= 15 is 0 Å². The Bertz CT molecular complexity index is 1320. The summed E-state index contributed by atoms with van der Waals surface area (Å²) in [6.07, 6.45) is 1.07. The van der Waals surface area contributed by atoms with Crippen LogP contribution in [0.25, 0.3) is 11.3 Å². The minimum Gasteiger partial charge on any atom is -0.497 e. The molecule has 180 valence electrons. The van der Waals surface area contributed by atoms with Gasteiger partial charge in [0, 0.05) is 17.1 Å². The van der Waals surface area contributed by atoms with Crippen LogP contribution in [0.1, 0.15) is 27.2 Å². The number of methoxy groups -OCH3 is 1. The highest BCUT2D eigenvalue weighted by Crippen LogP contribution is 2.27. The van der Waals surface area contributed by atoms with Crippen molar-refractivity contribution in [3.63, 3.8) is 0 Å². The van der Waals surface area contributed by atoms with Crippen LogP contribution in [0.4, 0.5) is 0 Å². The van der Waals surface area contributed by atoms with Crippen LogP contribution < -0.4 is 20.5 Å². The van der Waals surface area contributed by atoms with Crippen LogP contribution in [0.5, 0.6) is 5.75 Å². The maximum atomic E-state index is 12.9. The molecule has 3 rings (SSSR count). The molecule has 0 aliphatic carbocycles. The van der Waals surface area contributed by atoms with Gasteiger partial charge in [0.25, 0.3) is 5.91 Å². The molecule has 12 heteroatoms. The van der Waals surface area contributed by atoms with E-state index in [4.69, 9.17) is 26.6 Å². The Morgan fingerprint density at radius 3 is 2.53 bits per heavy atom. The molecule has 0 fully saturated rings. The van der Waals surface area contributed by atoms with Crippen molar-refractivity contribution in [2.75, 3.05) is 13.4 Å². The molecule has 34 heavy (non-hydrogen) atoms. The lowest BCUT2D eigenvalue weighted by Gasteiger charge is -2.08. The molecular weight excluding hydrogens is 482 g/mol. The number of nitrogens with zero attached hydrogens (tertiary/aromatic N) is 2. The average molecular weight is 506 g/mol. The van der Waals surface area contributed by atoms with Crippen molar-refractivity contribution in [2.45, 2.75) is 20.0 Å². The minimum absolute atomic E-state index is 0.0865. The van der Waals surface area contributed by atoms with Crippen LogP contribution in [0.15, 0.2) is 52.0 Å². The van der Waals surface area contributed by atoms with Crippen molar-refractivity contribution in [2.24, 2.45) is 10.7 Å². The maximum Gasteiger partial charge on any atom is 0.263 e. The largest absolute Gasteiger partial charge is 0.497 e. The van der Waals surface area contributed by atoms with E-state index in [2.05, 4.69) is 20.2 Å². The lowest BCUT2D eigenvalue weighted by atomic mass is 10.1. The molecule has 1 heterocycles. The first-order chi connectivity index (χ1) is 16.1. The number of carbonyl (C=O) groups is 1. The van der Waals surface area contributed by atoms with Gasteiger partial charge in [0.2, 0.25) is 10.0 Å². The molecule has 0 aliphatic heterocycles. The second kappa shape index (κ2) is 10.7. The molecule has 0 radical (unpaired) electrons. The lowest BCUT2D eigenvalue weighted by molar-refractivity contribution is 0.0975. The van der Waals surface area contributed by atoms with E-state index in [9.17, 15) is 13.2 Å². The number of ether oxygens (including phenoxy) is 1. The zero-order chi connectivity index (χ0) is 24.9. The van der Waals surface area contributed by atoms with Gasteiger partial charge in [-0.3, -0.25) is 10.1 Å². The number of sulfonamides is 1. The molecule has 0 bridgehead atoms. The van der Waals surface area contributed by atoms with E-state index < -0.39 is 15.9 Å². The van der Waals surface area contributed by atoms with E-state index in [0.29, 0.717) is 38.9 Å². The van der Waals surface area contributed by atoms with Crippen LogP contribution >= 0.6 is 11.6 Å². The number of aryl methyl sites for hydroxylation is 1. The van der Waals surface area contributed by atoms with Crippen molar-refractivity contribution >= 4 is 33.5 Å². The van der Waals surface area contributed by atoms with Crippen molar-refractivity contribution in [1.29, 1.82) is 0 Å². The van der Waals surface area contributed by atoms with Crippen molar-refractivity contribution in [1.82, 2.24) is 15.2 Å². The quantitative estimate of drug-likeness (QED) is 0.314. The summed E-state index contributed by atoms with van der Waals surface area (Å²) >= 11 is 6.13. The van der Waals surface area contributed by atoms with Crippen LogP contribution in [0, 0.1) is 6.92 Å². The summed E-state index contributed by atoms with van der Waals surface area (Å²) in [7, 11) is -1.78. The summed E-state index contributed by atoms with van der Waals surface area (Å²) < 4.78 is 35.4. The van der Waals surface area contributed by atoms with E-state index in [1.165, 1.54) is 0 Å².